The average molecular weight is 251 g/mol. The summed E-state index contributed by atoms with van der Waals surface area (Å²) in [6.45, 7) is 6.55. The molecule has 2 unspecified atom stereocenters. The van der Waals surface area contributed by atoms with Crippen LogP contribution in [0.1, 0.15) is 19.4 Å². The summed E-state index contributed by atoms with van der Waals surface area (Å²) in [5, 5.41) is 17.0. The molecule has 4 heteroatoms. The third-order valence-electron chi connectivity index (χ3n) is 2.56. The van der Waals surface area contributed by atoms with Gasteiger partial charge in [0.15, 0.2) is 0 Å². The Morgan fingerprint density at radius 3 is 2.28 bits per heavy atom. The molecule has 0 heterocycles. The number of carboxylic acid groups (broad SMARTS) is 1. The van der Waals surface area contributed by atoms with Crippen LogP contribution in [0, 0.1) is 0 Å². The van der Waals surface area contributed by atoms with E-state index in [1.807, 2.05) is 37.3 Å². The molecular formula is C14H21NO3. The lowest BCUT2D eigenvalue weighted by molar-refractivity contribution is -0.131. The van der Waals surface area contributed by atoms with Crippen molar-refractivity contribution >= 4 is 5.97 Å². The van der Waals surface area contributed by atoms with E-state index in [1.165, 1.54) is 0 Å². The molecule has 4 N–H and O–H groups in total. The normalized spacial score (nSPS) is 14.7. The molecule has 0 saturated heterocycles. The number of hydrogen-bond donors (Lipinski definition) is 3. The Morgan fingerprint density at radius 2 is 1.94 bits per heavy atom. The fraction of sp³-hybridized carbons (Fsp3) is 0.357. The summed E-state index contributed by atoms with van der Waals surface area (Å²) in [5.41, 5.74) is 6.56. The zero-order chi connectivity index (χ0) is 14.2. The predicted octanol–water partition coefficient (Wildman–Crippen LogP) is 1.58. The van der Waals surface area contributed by atoms with Gasteiger partial charge in [-0.3, -0.25) is 0 Å². The summed E-state index contributed by atoms with van der Waals surface area (Å²) in [5.74, 6) is -0.981. The number of aliphatic hydroxyl groups excluding tert-OH is 1. The molecule has 0 aliphatic carbocycles. The van der Waals surface area contributed by atoms with Crippen molar-refractivity contribution in [1.29, 1.82) is 0 Å². The van der Waals surface area contributed by atoms with Crippen molar-refractivity contribution in [3.05, 3.63) is 48.6 Å². The molecule has 1 aromatic rings. The van der Waals surface area contributed by atoms with Gasteiger partial charge in [0.25, 0.3) is 0 Å². The lowest BCUT2D eigenvalue weighted by Gasteiger charge is -2.27. The second kappa shape index (κ2) is 7.63. The molecule has 0 aliphatic heterocycles. The van der Waals surface area contributed by atoms with Crippen molar-refractivity contribution in [2.45, 2.75) is 31.9 Å². The number of carboxylic acids is 1. The van der Waals surface area contributed by atoms with Gasteiger partial charge in [0, 0.05) is 11.6 Å². The number of rotatable bonds is 4. The minimum absolute atomic E-state index is 0.493. The van der Waals surface area contributed by atoms with E-state index in [1.54, 1.807) is 6.92 Å². The molecule has 0 spiro atoms. The fourth-order valence-electron chi connectivity index (χ4n) is 1.18. The van der Waals surface area contributed by atoms with Crippen molar-refractivity contribution in [3.63, 3.8) is 0 Å². The number of aliphatic carboxylic acids is 1. The summed E-state index contributed by atoms with van der Waals surface area (Å²) in [4.78, 5) is 9.25. The van der Waals surface area contributed by atoms with Crippen LogP contribution in [0.3, 0.4) is 0 Å². The molecule has 18 heavy (non-hydrogen) atoms. The van der Waals surface area contributed by atoms with Crippen LogP contribution in [0.4, 0.5) is 0 Å². The molecule has 0 saturated carbocycles. The third kappa shape index (κ3) is 6.83. The Labute approximate surface area is 108 Å². The van der Waals surface area contributed by atoms with Gasteiger partial charge >= 0.3 is 5.97 Å². The zero-order valence-corrected chi connectivity index (χ0v) is 10.8. The highest BCUT2D eigenvalue weighted by Crippen LogP contribution is 2.13. The maximum Gasteiger partial charge on any atom is 0.327 e. The third-order valence-corrected chi connectivity index (χ3v) is 2.56. The molecule has 0 aliphatic rings. The molecule has 0 amide bonds. The highest BCUT2D eigenvalue weighted by Gasteiger charge is 2.24. The monoisotopic (exact) mass is 251 g/mol. The lowest BCUT2D eigenvalue weighted by atomic mass is 9.89. The van der Waals surface area contributed by atoms with Crippen LogP contribution in [0.15, 0.2) is 43.0 Å². The minimum atomic E-state index is -0.981. The van der Waals surface area contributed by atoms with Crippen LogP contribution in [-0.2, 0) is 11.2 Å². The first-order valence-corrected chi connectivity index (χ1v) is 5.66. The summed E-state index contributed by atoms with van der Waals surface area (Å²) in [7, 11) is 0. The Kier molecular flexibility index (Phi) is 6.93. The van der Waals surface area contributed by atoms with E-state index in [0.717, 1.165) is 11.6 Å². The predicted molar refractivity (Wildman–Crippen MR) is 72.3 cm³/mol. The van der Waals surface area contributed by atoms with Crippen molar-refractivity contribution in [1.82, 2.24) is 0 Å². The molecule has 1 rings (SSSR count). The van der Waals surface area contributed by atoms with E-state index in [-0.39, 0.29) is 0 Å². The molecule has 1 aromatic carbocycles. The highest BCUT2D eigenvalue weighted by atomic mass is 16.4. The van der Waals surface area contributed by atoms with Crippen molar-refractivity contribution < 1.29 is 15.0 Å². The van der Waals surface area contributed by atoms with Crippen LogP contribution in [-0.4, -0.2) is 27.8 Å². The highest BCUT2D eigenvalue weighted by molar-refractivity contribution is 5.78. The molecule has 2 atom stereocenters. The van der Waals surface area contributed by atoms with Gasteiger partial charge in [-0.15, -0.1) is 0 Å². The number of benzene rings is 1. The van der Waals surface area contributed by atoms with E-state index in [0.29, 0.717) is 6.42 Å². The Balaban J connectivity index is 0.000000494. The number of nitrogens with two attached hydrogens (primary N) is 1. The number of hydrogen-bond acceptors (Lipinski definition) is 3. The van der Waals surface area contributed by atoms with Crippen LogP contribution in [0.25, 0.3) is 0 Å². The second-order valence-corrected chi connectivity index (χ2v) is 4.39. The lowest BCUT2D eigenvalue weighted by Crippen LogP contribution is -2.48. The van der Waals surface area contributed by atoms with Crippen LogP contribution < -0.4 is 5.73 Å². The largest absolute Gasteiger partial charge is 0.478 e. The summed E-state index contributed by atoms with van der Waals surface area (Å²) in [6, 6.07) is 9.97. The van der Waals surface area contributed by atoms with Gasteiger partial charge in [0.1, 0.15) is 0 Å². The van der Waals surface area contributed by atoms with Crippen molar-refractivity contribution in [2.24, 2.45) is 5.73 Å². The quantitative estimate of drug-likeness (QED) is 0.709. The van der Waals surface area contributed by atoms with Gasteiger partial charge in [0.05, 0.1) is 6.10 Å². The Hall–Kier alpha value is -1.65. The summed E-state index contributed by atoms with van der Waals surface area (Å²) >= 11 is 0. The van der Waals surface area contributed by atoms with Crippen molar-refractivity contribution in [3.8, 4) is 0 Å². The van der Waals surface area contributed by atoms with Crippen LogP contribution in [0.2, 0.25) is 0 Å². The SMILES string of the molecule is C=CC(=O)O.CC(O)C(C)(N)Cc1ccccc1. The summed E-state index contributed by atoms with van der Waals surface area (Å²) < 4.78 is 0. The van der Waals surface area contributed by atoms with Gasteiger partial charge in [-0.05, 0) is 25.8 Å². The fourth-order valence-corrected chi connectivity index (χ4v) is 1.18. The molecule has 0 aromatic heterocycles. The smallest absolute Gasteiger partial charge is 0.327 e. The molecule has 100 valence electrons. The maximum atomic E-state index is 9.42. The van der Waals surface area contributed by atoms with Gasteiger partial charge in [-0.2, -0.15) is 0 Å². The Morgan fingerprint density at radius 1 is 1.50 bits per heavy atom. The molecular weight excluding hydrogens is 230 g/mol. The van der Waals surface area contributed by atoms with E-state index < -0.39 is 17.6 Å². The number of aliphatic hydroxyl groups is 1. The van der Waals surface area contributed by atoms with Gasteiger partial charge in [0.2, 0.25) is 0 Å². The molecule has 4 nitrogen and oxygen atoms in total. The molecule has 0 bridgehead atoms. The zero-order valence-electron chi connectivity index (χ0n) is 10.8. The van der Waals surface area contributed by atoms with E-state index in [4.69, 9.17) is 10.8 Å². The van der Waals surface area contributed by atoms with Gasteiger partial charge in [-0.25, -0.2) is 4.79 Å². The standard InChI is InChI=1S/C11H17NO.C3H4O2/c1-9(13)11(2,12)8-10-6-4-3-5-7-10;1-2-3(4)5/h3-7,9,13H,8,12H2,1-2H3;2H,1H2,(H,4,5). The van der Waals surface area contributed by atoms with E-state index in [9.17, 15) is 9.90 Å². The molecule has 0 fully saturated rings. The first-order valence-electron chi connectivity index (χ1n) is 5.66. The van der Waals surface area contributed by atoms with Gasteiger partial charge in [-0.1, -0.05) is 36.9 Å². The first kappa shape index (κ1) is 16.4. The summed E-state index contributed by atoms with van der Waals surface area (Å²) in [6.07, 6.45) is 1.04. The van der Waals surface area contributed by atoms with E-state index >= 15 is 0 Å². The van der Waals surface area contributed by atoms with E-state index in [2.05, 4.69) is 6.58 Å². The molecule has 0 radical (unpaired) electrons. The van der Waals surface area contributed by atoms with Crippen LogP contribution in [0.5, 0.6) is 0 Å². The Bertz CT molecular complexity index is 372. The minimum Gasteiger partial charge on any atom is -0.478 e. The number of carbonyl (C=O) groups is 1. The maximum absolute atomic E-state index is 9.42. The van der Waals surface area contributed by atoms with Gasteiger partial charge < -0.3 is 15.9 Å². The second-order valence-electron chi connectivity index (χ2n) is 4.39. The van der Waals surface area contributed by atoms with Crippen molar-refractivity contribution in [2.75, 3.05) is 0 Å². The van der Waals surface area contributed by atoms with Crippen LogP contribution >= 0.6 is 0 Å². The first-order chi connectivity index (χ1) is 8.29. The average Bonchev–Trinajstić information content (AvgIpc) is 2.30. The topological polar surface area (TPSA) is 83.5 Å².